The lowest BCUT2D eigenvalue weighted by molar-refractivity contribution is -0.205. The van der Waals surface area contributed by atoms with Gasteiger partial charge in [-0.1, -0.05) is 41.5 Å². The number of rotatable bonds is 5. The topological polar surface area (TPSA) is 149 Å². The number of aliphatic hydroxyl groups is 2. The largest absolute Gasteiger partial charge is 0.530 e. The fourth-order valence-electron chi connectivity index (χ4n) is 4.25. The number of phosphoric ester groups is 1. The minimum Gasteiger partial charge on any atom is -0.403 e. The first-order valence-electron chi connectivity index (χ1n) is 13.1. The van der Waals surface area contributed by atoms with Crippen molar-refractivity contribution < 1.29 is 49.4 Å². The number of aromatic amines is 1. The van der Waals surface area contributed by atoms with Crippen LogP contribution in [0.15, 0.2) is 17.1 Å². The molecule has 2 aliphatic heterocycles. The van der Waals surface area contributed by atoms with E-state index in [0.717, 1.165) is 10.8 Å². The van der Waals surface area contributed by atoms with Crippen molar-refractivity contribution in [3.05, 3.63) is 55.5 Å². The number of aldehydes is 1. The molecule has 40 heavy (non-hydrogen) atoms. The van der Waals surface area contributed by atoms with Gasteiger partial charge in [-0.05, 0) is 34.7 Å². The van der Waals surface area contributed by atoms with Crippen molar-refractivity contribution >= 4 is 26.3 Å². The summed E-state index contributed by atoms with van der Waals surface area (Å²) in [7, 11) is -5.08. The Labute approximate surface area is 236 Å². The lowest BCUT2D eigenvalue weighted by atomic mass is 9.78. The highest BCUT2D eigenvalue weighted by Crippen LogP contribution is 2.58. The molecule has 2 aromatic rings. The van der Waals surface area contributed by atoms with E-state index in [1.165, 1.54) is 0 Å². The van der Waals surface area contributed by atoms with Crippen LogP contribution >= 0.6 is 20.0 Å². The van der Waals surface area contributed by atoms with E-state index in [-0.39, 0.29) is 17.6 Å². The van der Waals surface area contributed by atoms with Gasteiger partial charge < -0.3 is 19.5 Å². The number of halogens is 2. The summed E-state index contributed by atoms with van der Waals surface area (Å²) in [4.78, 5) is 25.1. The Morgan fingerprint density at radius 1 is 1.30 bits per heavy atom. The highest BCUT2D eigenvalue weighted by atomic mass is 32.1. The number of hydrogen-bond acceptors (Lipinski definition) is 10. The number of aliphatic hydroxyl groups excluding tert-OH is 2. The van der Waals surface area contributed by atoms with Gasteiger partial charge in [0.05, 0.1) is 20.5 Å². The van der Waals surface area contributed by atoms with Crippen molar-refractivity contribution in [1.29, 1.82) is 0 Å². The average molecular weight is 607 g/mol. The molecule has 3 N–H and O–H groups in total. The molecule has 1 aromatic carbocycles. The number of ether oxygens (including phenoxy) is 1. The van der Waals surface area contributed by atoms with Crippen LogP contribution in [0.3, 0.4) is 0 Å². The molecule has 15 heteroatoms. The SMILES string of the molecule is [2H]C([2H])(OP1(=O)OCc2c(F)c(C(C)(C)C)cc(C(C)(C)C)c2O1)[C@@]1(F)O[C@@H](n2cc(C=O)c(=O)[nH]c2=S)[C@H](O)[C@@H]1O. The van der Waals surface area contributed by atoms with Gasteiger partial charge in [0.25, 0.3) is 11.4 Å². The van der Waals surface area contributed by atoms with Crippen molar-refractivity contribution in [3.63, 3.8) is 0 Å². The number of aromatic nitrogens is 2. The summed E-state index contributed by atoms with van der Waals surface area (Å²) < 4.78 is 82.7. The summed E-state index contributed by atoms with van der Waals surface area (Å²) in [5, 5.41) is 21.1. The molecule has 0 saturated carbocycles. The Balaban J connectivity index is 1.71. The number of benzene rings is 1. The second kappa shape index (κ2) is 10.2. The van der Waals surface area contributed by atoms with Crippen LogP contribution in [0, 0.1) is 10.6 Å². The number of carbonyl (C=O) groups excluding carboxylic acids is 1. The molecule has 5 atom stereocenters. The van der Waals surface area contributed by atoms with Crippen LogP contribution in [0.2, 0.25) is 0 Å². The molecule has 0 spiro atoms. The first-order chi connectivity index (χ1) is 19.1. The van der Waals surface area contributed by atoms with Crippen molar-refractivity contribution in [2.45, 2.75) is 83.3 Å². The van der Waals surface area contributed by atoms with E-state index in [1.807, 2.05) is 0 Å². The van der Waals surface area contributed by atoms with Gasteiger partial charge in [-0.15, -0.1) is 0 Å². The number of phosphoric acid groups is 1. The zero-order valence-corrected chi connectivity index (χ0v) is 24.2. The van der Waals surface area contributed by atoms with Gasteiger partial charge in [0.15, 0.2) is 17.3 Å². The molecule has 4 rings (SSSR count). The van der Waals surface area contributed by atoms with Gasteiger partial charge in [-0.25, -0.2) is 13.3 Å². The van der Waals surface area contributed by atoms with Crippen molar-refractivity contribution in [2.24, 2.45) is 0 Å². The Bertz CT molecular complexity index is 1600. The lowest BCUT2D eigenvalue weighted by Gasteiger charge is -2.34. The van der Waals surface area contributed by atoms with E-state index in [0.29, 0.717) is 11.1 Å². The van der Waals surface area contributed by atoms with E-state index in [2.05, 4.69) is 4.98 Å². The number of alkyl halides is 1. The quantitative estimate of drug-likeness (QED) is 0.258. The highest BCUT2D eigenvalue weighted by Gasteiger charge is 2.57. The van der Waals surface area contributed by atoms with Crippen LogP contribution in [0.1, 0.15) is 77.6 Å². The maximum Gasteiger partial charge on any atom is 0.530 e. The molecule has 2 aliphatic rings. The molecule has 1 unspecified atom stereocenters. The van der Waals surface area contributed by atoms with Gasteiger partial charge in [0.2, 0.25) is 0 Å². The molecule has 0 bridgehead atoms. The maximum absolute atomic E-state index is 16.2. The van der Waals surface area contributed by atoms with Gasteiger partial charge in [-0.3, -0.25) is 28.2 Å². The molecular weight excluding hydrogens is 573 g/mol. The monoisotopic (exact) mass is 606 g/mol. The summed E-state index contributed by atoms with van der Waals surface area (Å²) in [6.45, 7) is 6.24. The maximum atomic E-state index is 16.2. The minimum absolute atomic E-state index is 0.0935. The predicted molar refractivity (Wildman–Crippen MR) is 140 cm³/mol. The number of H-pyrrole nitrogens is 1. The summed E-state index contributed by atoms with van der Waals surface area (Å²) in [5.74, 6) is -4.84. The Morgan fingerprint density at radius 2 is 1.93 bits per heavy atom. The first-order valence-corrected chi connectivity index (χ1v) is 14.0. The third-order valence-corrected chi connectivity index (χ3v) is 7.96. The lowest BCUT2D eigenvalue weighted by Crippen LogP contribution is -2.43. The third-order valence-electron chi connectivity index (χ3n) is 6.48. The van der Waals surface area contributed by atoms with Gasteiger partial charge >= 0.3 is 7.82 Å². The minimum atomic E-state index is -5.08. The molecule has 1 aromatic heterocycles. The van der Waals surface area contributed by atoms with E-state index >= 15 is 8.78 Å². The number of carbonyl (C=O) groups is 1. The number of nitrogens with zero attached hydrogens (tertiary/aromatic N) is 1. The summed E-state index contributed by atoms with van der Waals surface area (Å²) in [6, 6.07) is 1.54. The van der Waals surface area contributed by atoms with Crippen LogP contribution in [0.4, 0.5) is 8.78 Å². The fraction of sp³-hybridized carbons (Fsp3) is 0.560. The average Bonchev–Trinajstić information content (AvgIpc) is 3.07. The van der Waals surface area contributed by atoms with E-state index in [9.17, 15) is 24.4 Å². The Kier molecular flexibility index (Phi) is 7.09. The molecule has 0 radical (unpaired) electrons. The normalized spacial score (nSPS) is 29.8. The zero-order chi connectivity index (χ0) is 31.8. The van der Waals surface area contributed by atoms with Crippen LogP contribution in [0.5, 0.6) is 5.75 Å². The Hall–Kier alpha value is -2.32. The van der Waals surface area contributed by atoms with Gasteiger partial charge in [0.1, 0.15) is 30.3 Å². The summed E-state index contributed by atoms with van der Waals surface area (Å²) in [5.41, 5.74) is -2.08. The molecular formula is C25H31F2N2O9PS. The number of hydrogen-bond donors (Lipinski definition) is 3. The van der Waals surface area contributed by atoms with Crippen molar-refractivity contribution in [1.82, 2.24) is 9.55 Å². The Morgan fingerprint density at radius 3 is 2.50 bits per heavy atom. The standard InChI is InChI=1S/C25H31F2N2O9PS/c1-23(2,3)14-7-15(24(4,5)6)18-13(16(14)26)10-35-39(34,38-18)36-11-25(27)19(32)17(31)21(37-25)29-8-12(9-30)20(33)28-22(29)40/h7-9,17,19,21,31-32H,10-11H2,1-6H3,(H,28,33,40)/t17-,19+,21-,25-,39?/m1/s1/i11D2. The van der Waals surface area contributed by atoms with Crippen LogP contribution in [0.25, 0.3) is 0 Å². The van der Waals surface area contributed by atoms with E-state index < -0.39 is 77.8 Å². The molecule has 11 nitrogen and oxygen atoms in total. The number of nitrogens with one attached hydrogen (secondary N) is 1. The second-order valence-electron chi connectivity index (χ2n) is 11.6. The fourth-order valence-corrected chi connectivity index (χ4v) is 5.60. The van der Waals surface area contributed by atoms with Crippen molar-refractivity contribution in [2.75, 3.05) is 6.56 Å². The predicted octanol–water partition coefficient (Wildman–Crippen LogP) is 4.10. The molecule has 1 fully saturated rings. The molecule has 0 amide bonds. The van der Waals surface area contributed by atoms with Gasteiger partial charge in [0, 0.05) is 11.8 Å². The summed E-state index contributed by atoms with van der Waals surface area (Å²) >= 11 is 4.97. The van der Waals surface area contributed by atoms with Crippen LogP contribution < -0.4 is 10.1 Å². The zero-order valence-electron chi connectivity index (χ0n) is 24.5. The third kappa shape index (κ3) is 5.46. The van der Waals surface area contributed by atoms with E-state index in [4.69, 9.17) is 33.3 Å². The highest BCUT2D eigenvalue weighted by molar-refractivity contribution is 7.71. The molecule has 1 saturated heterocycles. The summed E-state index contributed by atoms with van der Waals surface area (Å²) in [6.07, 6.45) is -5.91. The van der Waals surface area contributed by atoms with Crippen molar-refractivity contribution in [3.8, 4) is 5.75 Å². The first kappa shape index (κ1) is 27.8. The molecule has 0 aliphatic carbocycles. The molecule has 220 valence electrons. The second-order valence-corrected chi connectivity index (χ2v) is 13.5. The van der Waals surface area contributed by atoms with Crippen LogP contribution in [-0.2, 0) is 35.8 Å². The van der Waals surface area contributed by atoms with E-state index in [1.54, 1.807) is 47.6 Å². The smallest absolute Gasteiger partial charge is 0.403 e. The molecule has 3 heterocycles. The number of fused-ring (bicyclic) bond motifs is 1. The van der Waals surface area contributed by atoms with Gasteiger partial charge in [-0.2, -0.15) is 0 Å². The van der Waals surface area contributed by atoms with Crippen LogP contribution in [-0.4, -0.2) is 50.7 Å².